The van der Waals surface area contributed by atoms with E-state index in [1.807, 2.05) is 47.2 Å². The van der Waals surface area contributed by atoms with E-state index < -0.39 is 12.5 Å². The lowest BCUT2D eigenvalue weighted by Gasteiger charge is -2.21. The van der Waals surface area contributed by atoms with E-state index in [2.05, 4.69) is 16.9 Å². The highest BCUT2D eigenvalue weighted by atomic mass is 19.3. The smallest absolute Gasteiger partial charge is 0.262 e. The summed E-state index contributed by atoms with van der Waals surface area (Å²) in [5.74, 6) is -1.54. The van der Waals surface area contributed by atoms with E-state index in [0.717, 1.165) is 29.8 Å². The van der Waals surface area contributed by atoms with Crippen LogP contribution < -0.4 is 15.1 Å². The van der Waals surface area contributed by atoms with Crippen molar-refractivity contribution in [3.05, 3.63) is 55.0 Å². The third kappa shape index (κ3) is 2.97. The summed E-state index contributed by atoms with van der Waals surface area (Å²) in [4.78, 5) is 8.20. The summed E-state index contributed by atoms with van der Waals surface area (Å²) in [6.07, 6.45) is 1.65. The largest absolute Gasteiger partial charge is 0.364 e. The van der Waals surface area contributed by atoms with Crippen LogP contribution in [-0.4, -0.2) is 24.5 Å². The Hall–Kier alpha value is -2.63. The number of fused-ring (bicyclic) bond motifs is 1. The lowest BCUT2D eigenvalue weighted by Crippen LogP contribution is -2.23. The van der Waals surface area contributed by atoms with Crippen molar-refractivity contribution in [3.63, 3.8) is 0 Å². The number of rotatable bonds is 4. The lowest BCUT2D eigenvalue weighted by atomic mass is 10.2. The van der Waals surface area contributed by atoms with E-state index in [0.29, 0.717) is 5.82 Å². The Labute approximate surface area is 134 Å². The minimum absolute atomic E-state index is 0.418. The van der Waals surface area contributed by atoms with Crippen molar-refractivity contribution in [1.82, 2.24) is 4.98 Å². The number of anilines is 4. The van der Waals surface area contributed by atoms with E-state index >= 15 is 0 Å². The van der Waals surface area contributed by atoms with Gasteiger partial charge in [-0.15, -0.1) is 0 Å². The number of pyridine rings is 1. The molecule has 0 atom stereocenters. The maximum atomic E-state index is 12.9. The summed E-state index contributed by atoms with van der Waals surface area (Å²) in [5.41, 5.74) is 2.91. The minimum Gasteiger partial charge on any atom is -0.364 e. The maximum absolute atomic E-state index is 12.9. The number of nitrogens with zero attached hydrogens (tertiary/aromatic N) is 3. The molecule has 1 aliphatic heterocycles. The normalized spacial score (nSPS) is 14.2. The number of alkyl halides is 2. The van der Waals surface area contributed by atoms with Crippen molar-refractivity contribution in [1.29, 1.82) is 0 Å². The molecular formula is C17H18F2N4. The molecule has 0 amide bonds. The SMILES string of the molecule is C=C1N(C)c2ccccc2N1c1ccc(NCC(C)(F)F)nc1. The van der Waals surface area contributed by atoms with Gasteiger partial charge in [-0.2, -0.15) is 0 Å². The fraction of sp³-hybridized carbons (Fsp3) is 0.235. The first kappa shape index (κ1) is 15.3. The third-order valence-corrected chi connectivity index (χ3v) is 3.72. The first-order chi connectivity index (χ1) is 10.9. The third-order valence-electron chi connectivity index (χ3n) is 3.72. The van der Waals surface area contributed by atoms with Crippen molar-refractivity contribution < 1.29 is 8.78 Å². The van der Waals surface area contributed by atoms with Gasteiger partial charge in [-0.3, -0.25) is 4.90 Å². The van der Waals surface area contributed by atoms with Gasteiger partial charge in [0.05, 0.1) is 29.8 Å². The van der Waals surface area contributed by atoms with Crippen molar-refractivity contribution in [2.75, 3.05) is 28.7 Å². The second-order valence-electron chi connectivity index (χ2n) is 5.62. The van der Waals surface area contributed by atoms with Gasteiger partial charge in [-0.25, -0.2) is 13.8 Å². The van der Waals surface area contributed by atoms with Crippen molar-refractivity contribution in [3.8, 4) is 0 Å². The molecule has 0 spiro atoms. The molecule has 3 rings (SSSR count). The van der Waals surface area contributed by atoms with E-state index in [1.54, 1.807) is 12.3 Å². The summed E-state index contributed by atoms with van der Waals surface area (Å²) in [7, 11) is 1.95. The van der Waals surface area contributed by atoms with Gasteiger partial charge < -0.3 is 10.2 Å². The molecule has 1 aromatic heterocycles. The number of para-hydroxylation sites is 2. The van der Waals surface area contributed by atoms with Gasteiger partial charge in [-0.05, 0) is 24.3 Å². The van der Waals surface area contributed by atoms with Gasteiger partial charge in [0, 0.05) is 14.0 Å². The Morgan fingerprint density at radius 1 is 1.17 bits per heavy atom. The number of halogens is 2. The highest BCUT2D eigenvalue weighted by molar-refractivity contribution is 5.87. The molecule has 1 aliphatic rings. The summed E-state index contributed by atoms with van der Waals surface area (Å²) in [6.45, 7) is 4.54. The molecule has 0 saturated heterocycles. The molecule has 0 fully saturated rings. The zero-order chi connectivity index (χ0) is 16.6. The predicted molar refractivity (Wildman–Crippen MR) is 89.5 cm³/mol. The molecule has 2 aromatic rings. The molecule has 0 radical (unpaired) electrons. The Balaban J connectivity index is 1.84. The summed E-state index contributed by atoms with van der Waals surface area (Å²) in [6, 6.07) is 11.5. The fourth-order valence-electron chi connectivity index (χ4n) is 2.52. The average Bonchev–Trinajstić information content (AvgIpc) is 2.77. The number of nitrogens with one attached hydrogen (secondary N) is 1. The van der Waals surface area contributed by atoms with E-state index in [9.17, 15) is 8.78 Å². The van der Waals surface area contributed by atoms with Gasteiger partial charge >= 0.3 is 0 Å². The maximum Gasteiger partial charge on any atom is 0.262 e. The van der Waals surface area contributed by atoms with Crippen LogP contribution in [-0.2, 0) is 0 Å². The molecule has 0 unspecified atom stereocenters. The first-order valence-corrected chi connectivity index (χ1v) is 7.26. The predicted octanol–water partition coefficient (Wildman–Crippen LogP) is 4.21. The number of benzene rings is 1. The average molecular weight is 316 g/mol. The highest BCUT2D eigenvalue weighted by Gasteiger charge is 2.28. The van der Waals surface area contributed by atoms with Crippen LogP contribution in [0.4, 0.5) is 31.7 Å². The summed E-state index contributed by atoms with van der Waals surface area (Å²) >= 11 is 0. The Bertz CT molecular complexity index is 722. The monoisotopic (exact) mass is 316 g/mol. The van der Waals surface area contributed by atoms with Crippen LogP contribution in [0.3, 0.4) is 0 Å². The highest BCUT2D eigenvalue weighted by Crippen LogP contribution is 2.44. The summed E-state index contributed by atoms with van der Waals surface area (Å²) in [5, 5.41) is 2.63. The standard InChI is InChI=1S/C17H18F2N4/c1-12-22(3)14-6-4-5-7-15(14)23(12)13-8-9-16(20-10-13)21-11-17(2,18)19/h4-10H,1,11H2,2-3H3,(H,20,21). The van der Waals surface area contributed by atoms with E-state index in [-0.39, 0.29) is 0 Å². The van der Waals surface area contributed by atoms with Crippen molar-refractivity contribution in [2.45, 2.75) is 12.8 Å². The van der Waals surface area contributed by atoms with Gasteiger partial charge in [0.15, 0.2) is 0 Å². The molecule has 2 heterocycles. The van der Waals surface area contributed by atoms with Crippen molar-refractivity contribution >= 4 is 22.9 Å². The summed E-state index contributed by atoms with van der Waals surface area (Å²) < 4.78 is 25.8. The van der Waals surface area contributed by atoms with Crippen LogP contribution >= 0.6 is 0 Å². The van der Waals surface area contributed by atoms with Gasteiger partial charge in [0.1, 0.15) is 11.6 Å². The van der Waals surface area contributed by atoms with Crippen LogP contribution in [0.25, 0.3) is 0 Å². The van der Waals surface area contributed by atoms with Crippen LogP contribution in [0.1, 0.15) is 6.92 Å². The zero-order valence-corrected chi connectivity index (χ0v) is 13.1. The van der Waals surface area contributed by atoms with Gasteiger partial charge in [-0.1, -0.05) is 18.7 Å². The Morgan fingerprint density at radius 2 is 1.87 bits per heavy atom. The first-order valence-electron chi connectivity index (χ1n) is 7.26. The van der Waals surface area contributed by atoms with Gasteiger partial charge in [0.2, 0.25) is 0 Å². The molecule has 0 aliphatic carbocycles. The molecule has 1 aromatic carbocycles. The Morgan fingerprint density at radius 3 is 2.48 bits per heavy atom. The zero-order valence-electron chi connectivity index (χ0n) is 13.1. The molecule has 6 heteroatoms. The lowest BCUT2D eigenvalue weighted by molar-refractivity contribution is 0.0367. The second-order valence-corrected chi connectivity index (χ2v) is 5.62. The van der Waals surface area contributed by atoms with Crippen LogP contribution in [0.15, 0.2) is 55.0 Å². The molecule has 4 nitrogen and oxygen atoms in total. The van der Waals surface area contributed by atoms with E-state index in [1.165, 1.54) is 0 Å². The molecule has 23 heavy (non-hydrogen) atoms. The van der Waals surface area contributed by atoms with Gasteiger partial charge in [0.25, 0.3) is 5.92 Å². The molecule has 120 valence electrons. The molecule has 0 saturated carbocycles. The van der Waals surface area contributed by atoms with E-state index in [4.69, 9.17) is 0 Å². The van der Waals surface area contributed by atoms with Crippen LogP contribution in [0.2, 0.25) is 0 Å². The number of hydrogen-bond donors (Lipinski definition) is 1. The topological polar surface area (TPSA) is 31.4 Å². The van der Waals surface area contributed by atoms with Crippen LogP contribution in [0, 0.1) is 0 Å². The quantitative estimate of drug-likeness (QED) is 0.915. The molecular weight excluding hydrogens is 298 g/mol. The number of hydrogen-bond acceptors (Lipinski definition) is 4. The Kier molecular flexibility index (Phi) is 3.67. The molecule has 0 bridgehead atoms. The minimum atomic E-state index is -2.77. The number of aromatic nitrogens is 1. The molecule has 1 N–H and O–H groups in total. The van der Waals surface area contributed by atoms with Crippen LogP contribution in [0.5, 0.6) is 0 Å². The fourth-order valence-corrected chi connectivity index (χ4v) is 2.52. The second kappa shape index (κ2) is 5.53. The van der Waals surface area contributed by atoms with Crippen molar-refractivity contribution in [2.24, 2.45) is 0 Å².